The normalized spacial score (nSPS) is 11.6. The molecule has 1 atom stereocenters. The summed E-state index contributed by atoms with van der Waals surface area (Å²) in [5.74, 6) is 0.389. The highest BCUT2D eigenvalue weighted by Crippen LogP contribution is 2.16. The van der Waals surface area contributed by atoms with Crippen molar-refractivity contribution in [3.8, 4) is 5.75 Å². The van der Waals surface area contributed by atoms with Gasteiger partial charge in [-0.2, -0.15) is 0 Å². The number of hydrogen-bond acceptors (Lipinski definition) is 5. The third-order valence-electron chi connectivity index (χ3n) is 2.99. The zero-order chi connectivity index (χ0) is 15.7. The number of esters is 1. The van der Waals surface area contributed by atoms with Crippen LogP contribution in [0.15, 0.2) is 24.3 Å². The van der Waals surface area contributed by atoms with E-state index in [1.165, 1.54) is 7.11 Å². The van der Waals surface area contributed by atoms with Gasteiger partial charge in [0, 0.05) is 12.1 Å². The molecule has 0 saturated carbocycles. The zero-order valence-corrected chi connectivity index (χ0v) is 12.4. The third-order valence-corrected chi connectivity index (χ3v) is 2.99. The molecule has 1 aromatic rings. The lowest BCUT2D eigenvalue weighted by Crippen LogP contribution is -2.16. The molecule has 0 aliphatic heterocycles. The Hall–Kier alpha value is -2.08. The molecule has 0 saturated heterocycles. The molecule has 1 aromatic carbocycles. The second-order valence-corrected chi connectivity index (χ2v) is 4.82. The Labute approximate surface area is 124 Å². The molecule has 1 unspecified atom stereocenters. The number of hydrogen-bond donors (Lipinski definition) is 2. The van der Waals surface area contributed by atoms with E-state index >= 15 is 0 Å². The first-order valence-corrected chi connectivity index (χ1v) is 6.84. The lowest BCUT2D eigenvalue weighted by Gasteiger charge is -2.09. The van der Waals surface area contributed by atoms with Crippen LogP contribution in [0, 0.1) is 5.92 Å². The standard InChI is InChI=1S/C15H22N2O4/c1-11(9-16)3-8-14(18)17-12-4-6-13(7-5-12)21-10-15(19)20-2/h4-7,11H,3,8-10,16H2,1-2H3,(H,17,18). The maximum atomic E-state index is 11.7. The van der Waals surface area contributed by atoms with Crippen molar-refractivity contribution < 1.29 is 19.1 Å². The van der Waals surface area contributed by atoms with Crippen LogP contribution < -0.4 is 15.8 Å². The smallest absolute Gasteiger partial charge is 0.343 e. The van der Waals surface area contributed by atoms with Gasteiger partial charge in [-0.25, -0.2) is 4.79 Å². The van der Waals surface area contributed by atoms with Gasteiger partial charge in [-0.15, -0.1) is 0 Å². The Bertz CT molecular complexity index is 459. The van der Waals surface area contributed by atoms with Crippen molar-refractivity contribution in [3.63, 3.8) is 0 Å². The Morgan fingerprint density at radius 1 is 1.29 bits per heavy atom. The maximum absolute atomic E-state index is 11.7. The number of nitrogens with two attached hydrogens (primary N) is 1. The Morgan fingerprint density at radius 3 is 2.52 bits per heavy atom. The quantitative estimate of drug-likeness (QED) is 0.710. The van der Waals surface area contributed by atoms with Crippen molar-refractivity contribution in [2.75, 3.05) is 25.6 Å². The molecular formula is C15H22N2O4. The van der Waals surface area contributed by atoms with E-state index in [-0.39, 0.29) is 12.5 Å². The van der Waals surface area contributed by atoms with Gasteiger partial charge in [-0.3, -0.25) is 4.79 Å². The molecule has 0 spiro atoms. The summed E-state index contributed by atoms with van der Waals surface area (Å²) in [6.45, 7) is 2.46. The molecule has 0 bridgehead atoms. The van der Waals surface area contributed by atoms with E-state index in [0.29, 0.717) is 30.3 Å². The van der Waals surface area contributed by atoms with E-state index in [1.807, 2.05) is 6.92 Å². The number of ether oxygens (including phenoxy) is 2. The summed E-state index contributed by atoms with van der Waals surface area (Å²) in [5.41, 5.74) is 6.19. The summed E-state index contributed by atoms with van der Waals surface area (Å²) in [4.78, 5) is 22.7. The fraction of sp³-hybridized carbons (Fsp3) is 0.467. The number of nitrogens with one attached hydrogen (secondary N) is 1. The number of benzene rings is 1. The van der Waals surface area contributed by atoms with Crippen molar-refractivity contribution >= 4 is 17.6 Å². The summed E-state index contributed by atoms with van der Waals surface area (Å²) in [7, 11) is 1.30. The fourth-order valence-electron chi connectivity index (χ4n) is 1.55. The minimum Gasteiger partial charge on any atom is -0.482 e. The minimum absolute atomic E-state index is 0.0430. The SMILES string of the molecule is COC(=O)COc1ccc(NC(=O)CCC(C)CN)cc1. The molecule has 0 heterocycles. The minimum atomic E-state index is -0.443. The first kappa shape index (κ1) is 17.0. The number of amides is 1. The number of rotatable bonds is 8. The predicted molar refractivity (Wildman–Crippen MR) is 80.0 cm³/mol. The average molecular weight is 294 g/mol. The van der Waals surface area contributed by atoms with Gasteiger partial charge >= 0.3 is 5.97 Å². The molecule has 1 rings (SSSR count). The lowest BCUT2D eigenvalue weighted by molar-refractivity contribution is -0.142. The molecule has 0 fully saturated rings. The van der Waals surface area contributed by atoms with Crippen molar-refractivity contribution in [1.29, 1.82) is 0 Å². The first-order valence-electron chi connectivity index (χ1n) is 6.84. The van der Waals surface area contributed by atoms with E-state index in [2.05, 4.69) is 10.1 Å². The van der Waals surface area contributed by atoms with Gasteiger partial charge in [0.25, 0.3) is 0 Å². The summed E-state index contributed by atoms with van der Waals surface area (Å²) in [6, 6.07) is 6.80. The van der Waals surface area contributed by atoms with Crippen molar-refractivity contribution in [3.05, 3.63) is 24.3 Å². The van der Waals surface area contributed by atoms with Crippen molar-refractivity contribution in [2.24, 2.45) is 11.7 Å². The highest BCUT2D eigenvalue weighted by molar-refractivity contribution is 5.90. The molecule has 0 aromatic heterocycles. The Morgan fingerprint density at radius 2 is 1.95 bits per heavy atom. The molecule has 0 aliphatic carbocycles. The van der Waals surface area contributed by atoms with Crippen LogP contribution in [0.4, 0.5) is 5.69 Å². The van der Waals surface area contributed by atoms with E-state index < -0.39 is 5.97 Å². The molecule has 6 nitrogen and oxygen atoms in total. The number of anilines is 1. The predicted octanol–water partition coefficient (Wildman–Crippen LogP) is 1.55. The van der Waals surface area contributed by atoms with E-state index in [4.69, 9.17) is 10.5 Å². The Balaban J connectivity index is 2.40. The van der Waals surface area contributed by atoms with Crippen LogP contribution >= 0.6 is 0 Å². The van der Waals surface area contributed by atoms with Crippen LogP contribution in [0.2, 0.25) is 0 Å². The molecule has 0 aliphatic rings. The first-order chi connectivity index (χ1) is 10.0. The van der Waals surface area contributed by atoms with Gasteiger partial charge in [0.15, 0.2) is 6.61 Å². The van der Waals surface area contributed by atoms with Crippen LogP contribution in [0.3, 0.4) is 0 Å². The van der Waals surface area contributed by atoms with Gasteiger partial charge < -0.3 is 20.5 Å². The molecule has 6 heteroatoms. The van der Waals surface area contributed by atoms with Gasteiger partial charge in [0.1, 0.15) is 5.75 Å². The summed E-state index contributed by atoms with van der Waals surface area (Å²) < 4.78 is 9.68. The van der Waals surface area contributed by atoms with E-state index in [1.54, 1.807) is 24.3 Å². The van der Waals surface area contributed by atoms with Gasteiger partial charge in [0.05, 0.1) is 7.11 Å². The van der Waals surface area contributed by atoms with Gasteiger partial charge in [0.2, 0.25) is 5.91 Å². The second-order valence-electron chi connectivity index (χ2n) is 4.82. The van der Waals surface area contributed by atoms with Gasteiger partial charge in [-0.05, 0) is 43.1 Å². The molecule has 116 valence electrons. The van der Waals surface area contributed by atoms with Gasteiger partial charge in [-0.1, -0.05) is 6.92 Å². The molecular weight excluding hydrogens is 272 g/mol. The monoisotopic (exact) mass is 294 g/mol. The molecule has 0 radical (unpaired) electrons. The van der Waals surface area contributed by atoms with Crippen LogP contribution in [0.1, 0.15) is 19.8 Å². The van der Waals surface area contributed by atoms with E-state index in [9.17, 15) is 9.59 Å². The van der Waals surface area contributed by atoms with Crippen LogP contribution in [-0.2, 0) is 14.3 Å². The fourth-order valence-corrected chi connectivity index (χ4v) is 1.55. The van der Waals surface area contributed by atoms with Crippen molar-refractivity contribution in [2.45, 2.75) is 19.8 Å². The second kappa shape index (κ2) is 8.97. The third kappa shape index (κ3) is 6.76. The number of methoxy groups -OCH3 is 1. The summed E-state index contributed by atoms with van der Waals surface area (Å²) in [6.07, 6.45) is 1.21. The summed E-state index contributed by atoms with van der Waals surface area (Å²) >= 11 is 0. The lowest BCUT2D eigenvalue weighted by atomic mass is 10.1. The van der Waals surface area contributed by atoms with Crippen LogP contribution in [-0.4, -0.2) is 32.1 Å². The highest BCUT2D eigenvalue weighted by Gasteiger charge is 2.06. The Kier molecular flexibility index (Phi) is 7.25. The molecule has 3 N–H and O–H groups in total. The molecule has 21 heavy (non-hydrogen) atoms. The number of carbonyl (C=O) groups is 2. The largest absolute Gasteiger partial charge is 0.482 e. The van der Waals surface area contributed by atoms with Crippen molar-refractivity contribution in [1.82, 2.24) is 0 Å². The topological polar surface area (TPSA) is 90.6 Å². The highest BCUT2D eigenvalue weighted by atomic mass is 16.6. The number of carbonyl (C=O) groups excluding carboxylic acids is 2. The maximum Gasteiger partial charge on any atom is 0.343 e. The van der Waals surface area contributed by atoms with E-state index in [0.717, 1.165) is 6.42 Å². The average Bonchev–Trinajstić information content (AvgIpc) is 2.51. The zero-order valence-electron chi connectivity index (χ0n) is 12.4. The van der Waals surface area contributed by atoms with Crippen LogP contribution in [0.25, 0.3) is 0 Å². The van der Waals surface area contributed by atoms with Crippen LogP contribution in [0.5, 0.6) is 5.75 Å². The molecule has 1 amide bonds. The summed E-state index contributed by atoms with van der Waals surface area (Å²) in [5, 5.41) is 2.80.